The molecular formula is C58H76FN13O7S. The van der Waals surface area contributed by atoms with Gasteiger partial charge in [0.05, 0.1) is 91.5 Å². The molecule has 2 aromatic carbocycles. The number of ether oxygens (including phenoxy) is 3. The maximum absolute atomic E-state index is 14.0. The van der Waals surface area contributed by atoms with Crippen molar-refractivity contribution in [2.45, 2.75) is 71.7 Å². The van der Waals surface area contributed by atoms with Gasteiger partial charge in [-0.25, -0.2) is 24.3 Å². The number of thiazole rings is 1. The van der Waals surface area contributed by atoms with Gasteiger partial charge in [-0.05, 0) is 84.7 Å². The number of aliphatic hydroxyl groups is 2. The first-order valence-electron chi connectivity index (χ1n) is 27.8. The van der Waals surface area contributed by atoms with Gasteiger partial charge in [-0.1, -0.05) is 45.0 Å². The number of piperazine rings is 1. The number of fused-ring (bicyclic) bond motifs is 1. The lowest BCUT2D eigenvalue weighted by atomic mass is 9.85. The number of aryl methyl sites for hydroxylation is 1. The lowest BCUT2D eigenvalue weighted by molar-refractivity contribution is -0.142. The average Bonchev–Trinajstić information content (AvgIpc) is 4.14. The minimum Gasteiger partial charge on any atom is -0.396 e. The summed E-state index contributed by atoms with van der Waals surface area (Å²) >= 11 is 1.59. The van der Waals surface area contributed by atoms with Crippen LogP contribution < -0.4 is 31.1 Å². The van der Waals surface area contributed by atoms with Gasteiger partial charge in [-0.3, -0.25) is 14.5 Å². The Labute approximate surface area is 471 Å². The van der Waals surface area contributed by atoms with Gasteiger partial charge >= 0.3 is 0 Å². The summed E-state index contributed by atoms with van der Waals surface area (Å²) in [6.07, 6.45) is 4.73. The predicted octanol–water partition coefficient (Wildman–Crippen LogP) is 6.14. The van der Waals surface area contributed by atoms with Crippen molar-refractivity contribution in [2.24, 2.45) is 11.3 Å². The standard InChI is InChI=1S/C58H76FN13O7S/c1-39-52(80-38-64-39)42-7-5-40(6-8-42)33-63-55(75)49-31-46(74)36-72(49)56(76)53(58(2,3)4)60-17-25-77-27-29-79-30-28-78-26-24-69-20-22-70(23-21-69)45-13-14-50(61-34-45)67-51-32-47-48(35-62-51)66-57(65-44-11-9-43(59)10-12-44)68-54(47)71-18-15-41(37-73)16-19-71/h5-14,32,34-35,38,41,46,49,53,60,73-74H,15-31,33,36-37H2,1-4H3,(H,63,75)(H,61,62,67)(H,65,66,68). The number of hydrogen-bond acceptors (Lipinski definition) is 19. The number of anilines is 6. The molecule has 80 heavy (non-hydrogen) atoms. The number of likely N-dealkylation sites (tertiary alicyclic amines) is 1. The Morgan fingerprint density at radius 1 is 0.812 bits per heavy atom. The molecule has 4 aromatic heterocycles. The molecule has 20 nitrogen and oxygen atoms in total. The largest absolute Gasteiger partial charge is 0.396 e. The van der Waals surface area contributed by atoms with E-state index in [2.05, 4.69) is 52.0 Å². The topological polar surface area (TPSA) is 228 Å². The first-order chi connectivity index (χ1) is 38.8. The smallest absolute Gasteiger partial charge is 0.243 e. The zero-order valence-corrected chi connectivity index (χ0v) is 47.1. The number of nitrogens with zero attached hydrogens (tertiary/aromatic N) is 9. The fraction of sp³-hybridized carbons (Fsp3) is 0.500. The Morgan fingerprint density at radius 2 is 1.52 bits per heavy atom. The maximum Gasteiger partial charge on any atom is 0.243 e. The molecule has 0 bridgehead atoms. The quantitative estimate of drug-likeness (QED) is 0.0354. The van der Waals surface area contributed by atoms with Crippen molar-refractivity contribution in [3.8, 4) is 10.4 Å². The van der Waals surface area contributed by atoms with Crippen molar-refractivity contribution in [2.75, 3.05) is 126 Å². The van der Waals surface area contributed by atoms with E-state index in [0.29, 0.717) is 81.5 Å². The number of nitrogens with one attached hydrogen (secondary N) is 4. The zero-order valence-electron chi connectivity index (χ0n) is 46.3. The summed E-state index contributed by atoms with van der Waals surface area (Å²) in [6, 6.07) is 18.7. The van der Waals surface area contributed by atoms with Crippen molar-refractivity contribution >= 4 is 68.8 Å². The van der Waals surface area contributed by atoms with Gasteiger partial charge in [-0.15, -0.1) is 11.3 Å². The van der Waals surface area contributed by atoms with Crippen LogP contribution in [0.2, 0.25) is 0 Å². The number of carbonyl (C=O) groups excluding carboxylic acids is 2. The van der Waals surface area contributed by atoms with Gasteiger partial charge in [-0.2, -0.15) is 4.98 Å². The molecule has 3 saturated heterocycles. The molecule has 3 atom stereocenters. The maximum atomic E-state index is 14.0. The lowest BCUT2D eigenvalue weighted by Crippen LogP contribution is -2.57. The highest BCUT2D eigenvalue weighted by molar-refractivity contribution is 7.13. The molecule has 3 unspecified atom stereocenters. The number of aliphatic hydroxyl groups excluding tert-OH is 2. The number of piperidine rings is 1. The summed E-state index contributed by atoms with van der Waals surface area (Å²) < 4.78 is 31.1. The van der Waals surface area contributed by atoms with Crippen LogP contribution in [0.25, 0.3) is 21.3 Å². The van der Waals surface area contributed by atoms with Crippen molar-refractivity contribution in [3.63, 3.8) is 0 Å². The van der Waals surface area contributed by atoms with Gasteiger partial charge in [0.15, 0.2) is 0 Å². The number of rotatable bonds is 25. The van der Waals surface area contributed by atoms with Crippen LogP contribution in [0.5, 0.6) is 0 Å². The number of aromatic nitrogens is 5. The van der Waals surface area contributed by atoms with Crippen LogP contribution >= 0.6 is 11.3 Å². The van der Waals surface area contributed by atoms with Crippen LogP contribution in [0.1, 0.15) is 51.3 Å². The predicted molar refractivity (Wildman–Crippen MR) is 309 cm³/mol. The van der Waals surface area contributed by atoms with Gasteiger partial charge in [0.25, 0.3) is 0 Å². The Balaban J connectivity index is 0.635. The van der Waals surface area contributed by atoms with Crippen molar-refractivity contribution in [1.82, 2.24) is 45.4 Å². The van der Waals surface area contributed by atoms with E-state index in [1.807, 2.05) is 75.8 Å². The normalized spacial score (nSPS) is 17.8. The summed E-state index contributed by atoms with van der Waals surface area (Å²) in [5.41, 5.74) is 6.76. The molecule has 3 aliphatic heterocycles. The number of halogens is 1. The third-order valence-corrected chi connectivity index (χ3v) is 15.9. The molecule has 0 spiro atoms. The summed E-state index contributed by atoms with van der Waals surface area (Å²) in [4.78, 5) is 60.5. The highest BCUT2D eigenvalue weighted by atomic mass is 32.1. The molecule has 2 amide bonds. The minimum absolute atomic E-state index is 0.1000. The number of carbonyl (C=O) groups is 2. The fourth-order valence-corrected chi connectivity index (χ4v) is 11.1. The van der Waals surface area contributed by atoms with Crippen molar-refractivity contribution < 1.29 is 38.4 Å². The molecule has 0 saturated carbocycles. The van der Waals surface area contributed by atoms with E-state index >= 15 is 0 Å². The average molecular weight is 1120 g/mol. The molecule has 0 aliphatic carbocycles. The van der Waals surface area contributed by atoms with Gasteiger partial charge < -0.3 is 60.4 Å². The zero-order chi connectivity index (χ0) is 56.0. The molecule has 0 radical (unpaired) electrons. The monoisotopic (exact) mass is 1120 g/mol. The fourth-order valence-electron chi connectivity index (χ4n) is 10.3. The number of β-amino-alcohol motifs (C(OH)–C–C–N with tert-alkyl or cyclic N) is 1. The second-order valence-corrected chi connectivity index (χ2v) is 22.6. The molecule has 22 heteroatoms. The van der Waals surface area contributed by atoms with Crippen LogP contribution in [-0.4, -0.2) is 180 Å². The number of hydrogen-bond donors (Lipinski definition) is 6. The lowest BCUT2D eigenvalue weighted by Gasteiger charge is -2.35. The summed E-state index contributed by atoms with van der Waals surface area (Å²) in [6.45, 7) is 17.6. The van der Waals surface area contributed by atoms with Crippen LogP contribution in [-0.2, 0) is 30.3 Å². The summed E-state index contributed by atoms with van der Waals surface area (Å²) in [5.74, 6) is 1.89. The van der Waals surface area contributed by atoms with Crippen molar-refractivity contribution in [3.05, 3.63) is 102 Å². The Kier molecular flexibility index (Phi) is 20.2. The summed E-state index contributed by atoms with van der Waals surface area (Å²) in [7, 11) is 0. The second kappa shape index (κ2) is 27.8. The molecule has 7 heterocycles. The third-order valence-electron chi connectivity index (χ3n) is 14.9. The molecule has 3 fully saturated rings. The van der Waals surface area contributed by atoms with E-state index in [0.717, 1.165) is 97.2 Å². The second-order valence-electron chi connectivity index (χ2n) is 21.7. The Bertz CT molecular complexity index is 2940. The minimum atomic E-state index is -0.783. The van der Waals surface area contributed by atoms with Crippen LogP contribution in [0.15, 0.2) is 84.6 Å². The van der Waals surface area contributed by atoms with E-state index in [-0.39, 0.29) is 43.1 Å². The SMILES string of the molecule is Cc1ncsc1-c1ccc(CNC(=O)C2CC(O)CN2C(=O)C(NCCOCCOCCOCCN2CCN(c3ccc(Nc4cc5c(N6CCC(CO)CC6)nc(Nc6ccc(F)cc6)nc5cn4)nc3)CC2)C(C)(C)C)cc1. The molecular weight excluding hydrogens is 1040 g/mol. The first kappa shape index (κ1) is 58.2. The van der Waals surface area contributed by atoms with Crippen LogP contribution in [0.4, 0.5) is 39.2 Å². The number of benzene rings is 2. The van der Waals surface area contributed by atoms with E-state index in [4.69, 9.17) is 29.2 Å². The Hall–Kier alpha value is -6.50. The van der Waals surface area contributed by atoms with Gasteiger partial charge in [0, 0.05) is 89.5 Å². The molecule has 3 aliphatic rings. The van der Waals surface area contributed by atoms with Crippen LogP contribution in [0, 0.1) is 24.1 Å². The summed E-state index contributed by atoms with van der Waals surface area (Å²) in [5, 5.41) is 34.1. The van der Waals surface area contributed by atoms with E-state index in [1.165, 1.54) is 17.0 Å². The van der Waals surface area contributed by atoms with E-state index < -0.39 is 23.6 Å². The molecule has 428 valence electrons. The van der Waals surface area contributed by atoms with E-state index in [9.17, 15) is 24.2 Å². The molecule has 9 rings (SSSR count). The van der Waals surface area contributed by atoms with E-state index in [1.54, 1.807) is 29.7 Å². The number of amides is 2. The third kappa shape index (κ3) is 15.7. The van der Waals surface area contributed by atoms with Gasteiger partial charge in [0.1, 0.15) is 29.3 Å². The number of pyridine rings is 2. The molecule has 6 N–H and O–H groups in total. The molecule has 6 aromatic rings. The van der Waals surface area contributed by atoms with Gasteiger partial charge in [0.2, 0.25) is 17.8 Å². The highest BCUT2D eigenvalue weighted by Crippen LogP contribution is 2.33. The first-order valence-corrected chi connectivity index (χ1v) is 28.6. The van der Waals surface area contributed by atoms with Crippen molar-refractivity contribution in [1.29, 1.82) is 0 Å². The Morgan fingerprint density at radius 3 is 2.20 bits per heavy atom. The van der Waals surface area contributed by atoms with Crippen LogP contribution in [0.3, 0.4) is 0 Å². The highest BCUT2D eigenvalue weighted by Gasteiger charge is 2.44.